The van der Waals surface area contributed by atoms with Crippen molar-refractivity contribution in [3.05, 3.63) is 59.7 Å². The van der Waals surface area contributed by atoms with Crippen molar-refractivity contribution in [2.75, 3.05) is 23.7 Å². The number of amides is 2. The molecule has 6 nitrogen and oxygen atoms in total. The zero-order valence-corrected chi connectivity index (χ0v) is 16.3. The van der Waals surface area contributed by atoms with Gasteiger partial charge in [0.15, 0.2) is 0 Å². The summed E-state index contributed by atoms with van der Waals surface area (Å²) in [6.45, 7) is 8.32. The van der Waals surface area contributed by atoms with Crippen LogP contribution in [0.4, 0.5) is 16.2 Å². The fraction of sp³-hybridized carbons (Fsp3) is 0.333. The van der Waals surface area contributed by atoms with Gasteiger partial charge >= 0.3 is 6.09 Å². The molecule has 0 saturated heterocycles. The summed E-state index contributed by atoms with van der Waals surface area (Å²) >= 11 is 0. The van der Waals surface area contributed by atoms with E-state index in [1.54, 1.807) is 12.1 Å². The third-order valence-corrected chi connectivity index (χ3v) is 3.60. The summed E-state index contributed by atoms with van der Waals surface area (Å²) in [7, 11) is 0. The number of hydrogen-bond donors (Lipinski definition) is 3. The highest BCUT2D eigenvalue weighted by atomic mass is 16.6. The highest BCUT2D eigenvalue weighted by molar-refractivity contribution is 6.05. The standard InChI is InChI=1S/C21H27N3O3/c1-15-9-11-16(12-10-15)19(25)24-18-8-6-5-7-17(18)22-13-14-23-20(26)27-21(2,3)4/h5-12,22H,13-14H2,1-4H3,(H,23,26)(H,24,25). The first-order chi connectivity index (χ1) is 12.7. The first-order valence-electron chi connectivity index (χ1n) is 8.92. The first-order valence-corrected chi connectivity index (χ1v) is 8.92. The number of anilines is 2. The third kappa shape index (κ3) is 7.01. The number of rotatable bonds is 6. The van der Waals surface area contributed by atoms with Crippen LogP contribution < -0.4 is 16.0 Å². The van der Waals surface area contributed by atoms with Crippen molar-refractivity contribution in [2.45, 2.75) is 33.3 Å². The molecular formula is C21H27N3O3. The van der Waals surface area contributed by atoms with Crippen molar-refractivity contribution < 1.29 is 14.3 Å². The number of para-hydroxylation sites is 2. The van der Waals surface area contributed by atoms with Crippen molar-refractivity contribution in [3.63, 3.8) is 0 Å². The molecule has 0 saturated carbocycles. The van der Waals surface area contributed by atoms with Gasteiger partial charge in [0.05, 0.1) is 11.4 Å². The topological polar surface area (TPSA) is 79.5 Å². The summed E-state index contributed by atoms with van der Waals surface area (Å²) in [6, 6.07) is 14.8. The van der Waals surface area contributed by atoms with E-state index in [1.165, 1.54) is 0 Å². The molecule has 3 N–H and O–H groups in total. The van der Waals surface area contributed by atoms with Gasteiger partial charge in [0, 0.05) is 18.7 Å². The van der Waals surface area contributed by atoms with Gasteiger partial charge in [-0.3, -0.25) is 4.79 Å². The molecule has 0 atom stereocenters. The van der Waals surface area contributed by atoms with Gasteiger partial charge in [-0.15, -0.1) is 0 Å². The Morgan fingerprint density at radius 1 is 0.926 bits per heavy atom. The van der Waals surface area contributed by atoms with E-state index in [0.29, 0.717) is 24.3 Å². The third-order valence-electron chi connectivity index (χ3n) is 3.60. The Kier molecular flexibility index (Phi) is 6.82. The zero-order chi connectivity index (χ0) is 19.9. The number of ether oxygens (including phenoxy) is 1. The van der Waals surface area contributed by atoms with Crippen molar-refractivity contribution >= 4 is 23.4 Å². The van der Waals surface area contributed by atoms with E-state index >= 15 is 0 Å². The number of benzene rings is 2. The van der Waals surface area contributed by atoms with E-state index in [1.807, 2.05) is 64.1 Å². The van der Waals surface area contributed by atoms with Crippen LogP contribution in [-0.2, 0) is 4.74 Å². The Morgan fingerprint density at radius 2 is 1.56 bits per heavy atom. The molecule has 0 aliphatic carbocycles. The lowest BCUT2D eigenvalue weighted by molar-refractivity contribution is 0.0530. The van der Waals surface area contributed by atoms with Crippen LogP contribution in [0.1, 0.15) is 36.7 Å². The fourth-order valence-corrected chi connectivity index (χ4v) is 2.32. The van der Waals surface area contributed by atoms with Crippen LogP contribution in [0.15, 0.2) is 48.5 Å². The van der Waals surface area contributed by atoms with Gasteiger partial charge in [-0.1, -0.05) is 29.8 Å². The maximum atomic E-state index is 12.4. The van der Waals surface area contributed by atoms with Gasteiger partial charge in [-0.2, -0.15) is 0 Å². The molecule has 0 aliphatic rings. The van der Waals surface area contributed by atoms with E-state index in [2.05, 4.69) is 16.0 Å². The second-order valence-corrected chi connectivity index (χ2v) is 7.22. The maximum Gasteiger partial charge on any atom is 0.407 e. The summed E-state index contributed by atoms with van der Waals surface area (Å²) in [4.78, 5) is 24.1. The number of carbonyl (C=O) groups is 2. The van der Waals surface area contributed by atoms with E-state index in [0.717, 1.165) is 11.3 Å². The molecule has 0 unspecified atom stereocenters. The molecule has 2 rings (SSSR count). The molecule has 0 aliphatic heterocycles. The molecule has 2 amide bonds. The number of aryl methyl sites for hydroxylation is 1. The van der Waals surface area contributed by atoms with Crippen LogP contribution in [0, 0.1) is 6.92 Å². The normalized spacial score (nSPS) is 10.8. The van der Waals surface area contributed by atoms with Crippen LogP contribution in [0.2, 0.25) is 0 Å². The lowest BCUT2D eigenvalue weighted by atomic mass is 10.1. The lowest BCUT2D eigenvalue weighted by Crippen LogP contribution is -2.35. The number of alkyl carbamates (subject to hydrolysis) is 1. The molecule has 144 valence electrons. The zero-order valence-electron chi connectivity index (χ0n) is 16.3. The predicted molar refractivity (Wildman–Crippen MR) is 108 cm³/mol. The lowest BCUT2D eigenvalue weighted by Gasteiger charge is -2.20. The fourth-order valence-electron chi connectivity index (χ4n) is 2.32. The SMILES string of the molecule is Cc1ccc(C(=O)Nc2ccccc2NCCNC(=O)OC(C)(C)C)cc1. The van der Waals surface area contributed by atoms with E-state index in [-0.39, 0.29) is 5.91 Å². The molecule has 6 heteroatoms. The minimum atomic E-state index is -0.523. The summed E-state index contributed by atoms with van der Waals surface area (Å²) in [6.07, 6.45) is -0.453. The molecule has 0 aromatic heterocycles. The van der Waals surface area contributed by atoms with Gasteiger partial charge in [0.25, 0.3) is 5.91 Å². The number of nitrogens with one attached hydrogen (secondary N) is 3. The van der Waals surface area contributed by atoms with Crippen LogP contribution in [0.3, 0.4) is 0 Å². The molecule has 0 bridgehead atoms. The summed E-state index contributed by atoms with van der Waals surface area (Å²) < 4.78 is 5.19. The largest absolute Gasteiger partial charge is 0.444 e. The Labute approximate surface area is 160 Å². The van der Waals surface area contributed by atoms with Gasteiger partial charge in [0.2, 0.25) is 0 Å². The quantitative estimate of drug-likeness (QED) is 0.667. The van der Waals surface area contributed by atoms with Crippen molar-refractivity contribution in [1.82, 2.24) is 5.32 Å². The highest BCUT2D eigenvalue weighted by Gasteiger charge is 2.15. The Balaban J connectivity index is 1.89. The average molecular weight is 369 g/mol. The Hall–Kier alpha value is -3.02. The highest BCUT2D eigenvalue weighted by Crippen LogP contribution is 2.21. The van der Waals surface area contributed by atoms with Crippen LogP contribution in [-0.4, -0.2) is 30.7 Å². The van der Waals surface area contributed by atoms with Gasteiger partial charge < -0.3 is 20.7 Å². The number of hydrogen-bond acceptors (Lipinski definition) is 4. The smallest absolute Gasteiger partial charge is 0.407 e. The van der Waals surface area contributed by atoms with Crippen LogP contribution in [0.25, 0.3) is 0 Å². The number of carbonyl (C=O) groups excluding carboxylic acids is 2. The van der Waals surface area contributed by atoms with Gasteiger partial charge in [-0.05, 0) is 52.0 Å². The molecule has 0 spiro atoms. The monoisotopic (exact) mass is 369 g/mol. The second kappa shape index (κ2) is 9.07. The van der Waals surface area contributed by atoms with E-state index < -0.39 is 11.7 Å². The molecule has 2 aromatic rings. The van der Waals surface area contributed by atoms with Gasteiger partial charge in [-0.25, -0.2) is 4.79 Å². The molecule has 2 aromatic carbocycles. The Morgan fingerprint density at radius 3 is 2.19 bits per heavy atom. The van der Waals surface area contributed by atoms with E-state index in [9.17, 15) is 9.59 Å². The Bertz CT molecular complexity index is 780. The molecule has 27 heavy (non-hydrogen) atoms. The summed E-state index contributed by atoms with van der Waals surface area (Å²) in [5, 5.41) is 8.82. The van der Waals surface area contributed by atoms with E-state index in [4.69, 9.17) is 4.74 Å². The predicted octanol–water partition coefficient (Wildman–Crippen LogP) is 4.18. The molecule has 0 radical (unpaired) electrons. The minimum Gasteiger partial charge on any atom is -0.444 e. The molecule has 0 fully saturated rings. The summed E-state index contributed by atoms with van der Waals surface area (Å²) in [5.41, 5.74) is 2.64. The first kappa shape index (κ1) is 20.3. The van der Waals surface area contributed by atoms with Crippen molar-refractivity contribution in [2.24, 2.45) is 0 Å². The molecule has 0 heterocycles. The van der Waals surface area contributed by atoms with Gasteiger partial charge in [0.1, 0.15) is 5.60 Å². The minimum absolute atomic E-state index is 0.170. The summed E-state index contributed by atoms with van der Waals surface area (Å²) in [5.74, 6) is -0.170. The van der Waals surface area contributed by atoms with Crippen molar-refractivity contribution in [1.29, 1.82) is 0 Å². The maximum absolute atomic E-state index is 12.4. The second-order valence-electron chi connectivity index (χ2n) is 7.22. The van der Waals surface area contributed by atoms with Crippen LogP contribution >= 0.6 is 0 Å². The van der Waals surface area contributed by atoms with Crippen LogP contribution in [0.5, 0.6) is 0 Å². The van der Waals surface area contributed by atoms with Crippen molar-refractivity contribution in [3.8, 4) is 0 Å². The molecular weight excluding hydrogens is 342 g/mol. The average Bonchev–Trinajstić information content (AvgIpc) is 2.59.